The predicted octanol–water partition coefficient (Wildman–Crippen LogP) is 2.98. The molecule has 118 valence electrons. The van der Waals surface area contributed by atoms with Gasteiger partial charge in [0, 0.05) is 30.7 Å². The molecule has 0 aliphatic heterocycles. The maximum Gasteiger partial charge on any atom is 0.243 e. The minimum atomic E-state index is -3.43. The fourth-order valence-corrected chi connectivity index (χ4v) is 4.33. The van der Waals surface area contributed by atoms with E-state index < -0.39 is 10.0 Å². The first-order valence-corrected chi connectivity index (χ1v) is 9.52. The standard InChI is InChI=1S/C15H23BrN2O2S/c1-11(2)17-9-13-6-7-14(16)15(8-13)21(19,20)18(3)10-12-4-5-12/h6-8,11-12,17H,4-5,9-10H2,1-3H3. The third kappa shape index (κ3) is 4.52. The van der Waals surface area contributed by atoms with Crippen molar-refractivity contribution in [2.75, 3.05) is 13.6 Å². The highest BCUT2D eigenvalue weighted by Gasteiger charge is 2.30. The molecule has 1 aromatic carbocycles. The van der Waals surface area contributed by atoms with Crippen LogP contribution in [0.25, 0.3) is 0 Å². The van der Waals surface area contributed by atoms with Gasteiger partial charge in [-0.15, -0.1) is 0 Å². The van der Waals surface area contributed by atoms with Gasteiger partial charge >= 0.3 is 0 Å². The van der Waals surface area contributed by atoms with Crippen LogP contribution in [0.2, 0.25) is 0 Å². The van der Waals surface area contributed by atoms with Gasteiger partial charge in [0.2, 0.25) is 10.0 Å². The maximum absolute atomic E-state index is 12.7. The first-order valence-electron chi connectivity index (χ1n) is 7.29. The van der Waals surface area contributed by atoms with Gasteiger partial charge in [-0.25, -0.2) is 12.7 Å². The largest absolute Gasteiger partial charge is 0.310 e. The second-order valence-corrected chi connectivity index (χ2v) is 8.90. The molecule has 0 heterocycles. The monoisotopic (exact) mass is 374 g/mol. The second-order valence-electron chi connectivity index (χ2n) is 6.03. The molecule has 4 nitrogen and oxygen atoms in total. The van der Waals surface area contributed by atoms with Crippen molar-refractivity contribution in [2.24, 2.45) is 5.92 Å². The quantitative estimate of drug-likeness (QED) is 0.797. The Hall–Kier alpha value is -0.430. The lowest BCUT2D eigenvalue weighted by Gasteiger charge is -2.18. The molecule has 1 aliphatic carbocycles. The van der Waals surface area contributed by atoms with Crippen LogP contribution in [-0.2, 0) is 16.6 Å². The minimum Gasteiger partial charge on any atom is -0.310 e. The Morgan fingerprint density at radius 3 is 2.62 bits per heavy atom. The fourth-order valence-electron chi connectivity index (χ4n) is 2.11. The van der Waals surface area contributed by atoms with Gasteiger partial charge in [-0.2, -0.15) is 0 Å². The summed E-state index contributed by atoms with van der Waals surface area (Å²) in [5.41, 5.74) is 0.977. The number of hydrogen-bond donors (Lipinski definition) is 1. The van der Waals surface area contributed by atoms with E-state index in [-0.39, 0.29) is 0 Å². The van der Waals surface area contributed by atoms with Crippen molar-refractivity contribution in [1.29, 1.82) is 0 Å². The van der Waals surface area contributed by atoms with Crippen molar-refractivity contribution >= 4 is 26.0 Å². The average Bonchev–Trinajstić information content (AvgIpc) is 3.21. The Kier molecular flexibility index (Phi) is 5.46. The zero-order valence-corrected chi connectivity index (χ0v) is 15.2. The first-order chi connectivity index (χ1) is 9.80. The summed E-state index contributed by atoms with van der Waals surface area (Å²) in [5.74, 6) is 0.536. The third-order valence-electron chi connectivity index (χ3n) is 3.61. The van der Waals surface area contributed by atoms with Gasteiger partial charge < -0.3 is 5.32 Å². The minimum absolute atomic E-state index is 0.355. The van der Waals surface area contributed by atoms with E-state index >= 15 is 0 Å². The number of halogens is 1. The van der Waals surface area contributed by atoms with Crippen LogP contribution in [0.1, 0.15) is 32.3 Å². The van der Waals surface area contributed by atoms with Crippen LogP contribution in [0.4, 0.5) is 0 Å². The van der Waals surface area contributed by atoms with Crippen molar-refractivity contribution in [3.8, 4) is 0 Å². The molecule has 2 rings (SSSR count). The number of hydrogen-bond acceptors (Lipinski definition) is 3. The SMILES string of the molecule is CC(C)NCc1ccc(Br)c(S(=O)(=O)N(C)CC2CC2)c1. The summed E-state index contributed by atoms with van der Waals surface area (Å²) in [6.07, 6.45) is 2.28. The van der Waals surface area contributed by atoms with Gasteiger partial charge in [0.15, 0.2) is 0 Å². The smallest absolute Gasteiger partial charge is 0.243 e. The summed E-state index contributed by atoms with van der Waals surface area (Å²) >= 11 is 3.37. The Balaban J connectivity index is 2.21. The molecule has 6 heteroatoms. The number of nitrogens with zero attached hydrogens (tertiary/aromatic N) is 1. The van der Waals surface area contributed by atoms with Crippen LogP contribution in [0, 0.1) is 5.92 Å². The predicted molar refractivity (Wildman–Crippen MR) is 88.7 cm³/mol. The van der Waals surface area contributed by atoms with Crippen LogP contribution in [0.15, 0.2) is 27.6 Å². The highest BCUT2D eigenvalue weighted by molar-refractivity contribution is 9.10. The fraction of sp³-hybridized carbons (Fsp3) is 0.600. The lowest BCUT2D eigenvalue weighted by Crippen LogP contribution is -2.29. The van der Waals surface area contributed by atoms with Crippen LogP contribution < -0.4 is 5.32 Å². The van der Waals surface area contributed by atoms with Crippen molar-refractivity contribution < 1.29 is 8.42 Å². The second kappa shape index (κ2) is 6.77. The van der Waals surface area contributed by atoms with Gasteiger partial charge in [0.1, 0.15) is 0 Å². The van der Waals surface area contributed by atoms with Gasteiger partial charge in [-0.1, -0.05) is 19.9 Å². The summed E-state index contributed by atoms with van der Waals surface area (Å²) in [4.78, 5) is 0.355. The summed E-state index contributed by atoms with van der Waals surface area (Å²) < 4.78 is 27.5. The number of sulfonamides is 1. The molecule has 1 fully saturated rings. The topological polar surface area (TPSA) is 49.4 Å². The van der Waals surface area contributed by atoms with Crippen LogP contribution in [0.5, 0.6) is 0 Å². The van der Waals surface area contributed by atoms with Crippen LogP contribution in [0.3, 0.4) is 0 Å². The highest BCUT2D eigenvalue weighted by atomic mass is 79.9. The lowest BCUT2D eigenvalue weighted by atomic mass is 10.2. The zero-order chi connectivity index (χ0) is 15.6. The maximum atomic E-state index is 12.7. The van der Waals surface area contributed by atoms with Crippen molar-refractivity contribution in [3.05, 3.63) is 28.2 Å². The highest BCUT2D eigenvalue weighted by Crippen LogP contribution is 2.32. The normalized spacial score (nSPS) is 15.9. The molecule has 1 aromatic rings. The Bertz CT molecular complexity index is 598. The molecule has 1 saturated carbocycles. The Labute approximate surface area is 136 Å². The summed E-state index contributed by atoms with van der Waals surface area (Å²) in [5, 5.41) is 3.31. The number of benzene rings is 1. The molecule has 0 saturated heterocycles. The third-order valence-corrected chi connectivity index (χ3v) is 6.43. The number of nitrogens with one attached hydrogen (secondary N) is 1. The first kappa shape index (κ1) is 16.9. The number of rotatable bonds is 7. The molecule has 0 spiro atoms. The van der Waals surface area contributed by atoms with Crippen molar-refractivity contribution in [3.63, 3.8) is 0 Å². The molecular formula is C15H23BrN2O2S. The summed E-state index contributed by atoms with van der Waals surface area (Å²) in [6, 6.07) is 5.89. The molecular weight excluding hydrogens is 352 g/mol. The van der Waals surface area contributed by atoms with Gasteiger partial charge in [0.05, 0.1) is 4.90 Å². The lowest BCUT2D eigenvalue weighted by molar-refractivity contribution is 0.452. The van der Waals surface area contributed by atoms with E-state index in [2.05, 4.69) is 35.1 Å². The molecule has 0 aromatic heterocycles. The van der Waals surface area contributed by atoms with Crippen molar-refractivity contribution in [2.45, 2.75) is 44.2 Å². The van der Waals surface area contributed by atoms with E-state index in [1.54, 1.807) is 13.1 Å². The Morgan fingerprint density at radius 1 is 1.38 bits per heavy atom. The average molecular weight is 375 g/mol. The van der Waals surface area contributed by atoms with E-state index in [1.165, 1.54) is 4.31 Å². The zero-order valence-electron chi connectivity index (χ0n) is 12.8. The Morgan fingerprint density at radius 2 is 2.05 bits per heavy atom. The van der Waals surface area contributed by atoms with Gasteiger partial charge in [-0.3, -0.25) is 0 Å². The molecule has 0 unspecified atom stereocenters. The summed E-state index contributed by atoms with van der Waals surface area (Å²) in [6.45, 7) is 5.42. The van der Waals surface area contributed by atoms with Gasteiger partial charge in [0.25, 0.3) is 0 Å². The van der Waals surface area contributed by atoms with Crippen LogP contribution >= 0.6 is 15.9 Å². The van der Waals surface area contributed by atoms with E-state index in [4.69, 9.17) is 0 Å². The van der Waals surface area contributed by atoms with E-state index in [0.29, 0.717) is 34.4 Å². The van der Waals surface area contributed by atoms with Crippen LogP contribution in [-0.4, -0.2) is 32.4 Å². The molecule has 0 atom stereocenters. The molecule has 0 bridgehead atoms. The van der Waals surface area contributed by atoms with E-state index in [1.807, 2.05) is 12.1 Å². The molecule has 21 heavy (non-hydrogen) atoms. The van der Waals surface area contributed by atoms with Gasteiger partial charge in [-0.05, 0) is 52.4 Å². The van der Waals surface area contributed by atoms with Crippen molar-refractivity contribution in [1.82, 2.24) is 9.62 Å². The summed E-state index contributed by atoms with van der Waals surface area (Å²) in [7, 11) is -1.76. The molecule has 1 aliphatic rings. The van der Waals surface area contributed by atoms with E-state index in [0.717, 1.165) is 18.4 Å². The molecule has 0 amide bonds. The molecule has 0 radical (unpaired) electrons. The molecule has 1 N–H and O–H groups in total. The van der Waals surface area contributed by atoms with E-state index in [9.17, 15) is 8.42 Å².